The van der Waals surface area contributed by atoms with Gasteiger partial charge in [-0.2, -0.15) is 0 Å². The van der Waals surface area contributed by atoms with Crippen molar-refractivity contribution in [1.82, 2.24) is 10.0 Å². The Morgan fingerprint density at radius 1 is 1.35 bits per heavy atom. The first kappa shape index (κ1) is 15.9. The number of nitrogens with one attached hydrogen (secondary N) is 2. The highest BCUT2D eigenvalue weighted by molar-refractivity contribution is 7.89. The average molecular weight is 316 g/mol. The zero-order chi connectivity index (χ0) is 14.8. The summed E-state index contributed by atoms with van der Waals surface area (Å²) in [5, 5.41) is 5.13. The molecule has 1 aromatic heterocycles. The van der Waals surface area contributed by atoms with Crippen molar-refractivity contribution in [2.45, 2.75) is 63.6 Å². The molecule has 4 nitrogen and oxygen atoms in total. The van der Waals surface area contributed by atoms with Crippen molar-refractivity contribution in [3.63, 3.8) is 0 Å². The van der Waals surface area contributed by atoms with Crippen LogP contribution in [0.2, 0.25) is 0 Å². The lowest BCUT2D eigenvalue weighted by atomic mass is 10.1. The summed E-state index contributed by atoms with van der Waals surface area (Å²) in [5.74, 6) is 0.480. The van der Waals surface area contributed by atoms with E-state index < -0.39 is 10.0 Å². The Labute approximate surface area is 126 Å². The number of hydrogen-bond donors (Lipinski definition) is 2. The quantitative estimate of drug-likeness (QED) is 0.775. The van der Waals surface area contributed by atoms with Crippen LogP contribution in [-0.4, -0.2) is 20.5 Å². The summed E-state index contributed by atoms with van der Waals surface area (Å²) >= 11 is 1.51. The molecule has 6 heteroatoms. The summed E-state index contributed by atoms with van der Waals surface area (Å²) in [5.41, 5.74) is 0. The minimum Gasteiger partial charge on any atom is -0.309 e. The highest BCUT2D eigenvalue weighted by Gasteiger charge is 2.22. The molecule has 20 heavy (non-hydrogen) atoms. The Bertz CT molecular complexity index is 533. The third-order valence-corrected chi connectivity index (χ3v) is 5.92. The maximum absolute atomic E-state index is 12.3. The van der Waals surface area contributed by atoms with E-state index in [9.17, 15) is 8.42 Å². The second-order valence-corrected chi connectivity index (χ2v) is 8.77. The lowest BCUT2D eigenvalue weighted by Crippen LogP contribution is -2.33. The van der Waals surface area contributed by atoms with E-state index in [1.807, 2.05) is 6.92 Å². The number of thiophene rings is 1. The molecule has 1 saturated carbocycles. The van der Waals surface area contributed by atoms with Crippen LogP contribution in [0.1, 0.15) is 44.9 Å². The van der Waals surface area contributed by atoms with Crippen molar-refractivity contribution in [2.75, 3.05) is 0 Å². The third kappa shape index (κ3) is 4.84. The van der Waals surface area contributed by atoms with Crippen LogP contribution < -0.4 is 10.0 Å². The van der Waals surface area contributed by atoms with Crippen LogP contribution in [0.5, 0.6) is 0 Å². The third-order valence-electron chi connectivity index (χ3n) is 3.26. The Balaban J connectivity index is 1.94. The first-order chi connectivity index (χ1) is 9.37. The molecule has 0 aromatic carbocycles. The molecule has 1 fully saturated rings. The van der Waals surface area contributed by atoms with Crippen LogP contribution in [0.25, 0.3) is 0 Å². The van der Waals surface area contributed by atoms with Crippen LogP contribution in [-0.2, 0) is 16.6 Å². The molecule has 1 aliphatic rings. The van der Waals surface area contributed by atoms with Gasteiger partial charge in [0.1, 0.15) is 0 Å². The molecule has 1 aliphatic carbocycles. The normalized spacial score (nSPS) is 17.6. The van der Waals surface area contributed by atoms with Gasteiger partial charge < -0.3 is 5.32 Å². The maximum atomic E-state index is 12.3. The molecule has 0 bridgehead atoms. The van der Waals surface area contributed by atoms with Crippen molar-refractivity contribution in [2.24, 2.45) is 5.92 Å². The van der Waals surface area contributed by atoms with Crippen LogP contribution in [0.15, 0.2) is 16.3 Å². The Morgan fingerprint density at radius 2 is 2.05 bits per heavy atom. The molecule has 114 valence electrons. The molecule has 0 spiro atoms. The largest absolute Gasteiger partial charge is 0.309 e. The van der Waals surface area contributed by atoms with Gasteiger partial charge >= 0.3 is 0 Å². The van der Waals surface area contributed by atoms with Gasteiger partial charge in [-0.3, -0.25) is 0 Å². The van der Waals surface area contributed by atoms with Crippen LogP contribution in [0.3, 0.4) is 0 Å². The van der Waals surface area contributed by atoms with Gasteiger partial charge in [0.05, 0.1) is 4.90 Å². The van der Waals surface area contributed by atoms with Crippen molar-refractivity contribution >= 4 is 21.4 Å². The van der Waals surface area contributed by atoms with Crippen molar-refractivity contribution in [3.8, 4) is 0 Å². The molecular formula is C14H24N2O2S2. The zero-order valence-corrected chi connectivity index (χ0v) is 14.0. The summed E-state index contributed by atoms with van der Waals surface area (Å²) < 4.78 is 27.3. The van der Waals surface area contributed by atoms with E-state index in [1.54, 1.807) is 11.4 Å². The summed E-state index contributed by atoms with van der Waals surface area (Å²) in [6.45, 7) is 6.87. The van der Waals surface area contributed by atoms with Crippen molar-refractivity contribution in [1.29, 1.82) is 0 Å². The van der Waals surface area contributed by atoms with Gasteiger partial charge in [0.15, 0.2) is 0 Å². The molecule has 0 radical (unpaired) electrons. The van der Waals surface area contributed by atoms with Crippen molar-refractivity contribution < 1.29 is 8.42 Å². The first-order valence-electron chi connectivity index (χ1n) is 7.20. The average Bonchev–Trinajstić information content (AvgIpc) is 3.01. The topological polar surface area (TPSA) is 58.2 Å². The molecule has 2 N–H and O–H groups in total. The molecule has 1 atom stereocenters. The fraction of sp³-hybridized carbons (Fsp3) is 0.714. The number of sulfonamides is 1. The molecule has 0 amide bonds. The van der Waals surface area contributed by atoms with Gasteiger partial charge in [-0.15, -0.1) is 11.3 Å². The van der Waals surface area contributed by atoms with Crippen LogP contribution in [0, 0.1) is 5.92 Å². The molecular weight excluding hydrogens is 292 g/mol. The smallest absolute Gasteiger partial charge is 0.241 e. The Morgan fingerprint density at radius 3 is 2.65 bits per heavy atom. The van der Waals surface area contributed by atoms with E-state index >= 15 is 0 Å². The van der Waals surface area contributed by atoms with Gasteiger partial charge in [0, 0.05) is 28.9 Å². The molecule has 0 aliphatic heterocycles. The zero-order valence-electron chi connectivity index (χ0n) is 12.3. The lowest BCUT2D eigenvalue weighted by Gasteiger charge is -2.15. The Hall–Kier alpha value is -0.430. The predicted octanol–water partition coefficient (Wildman–Crippen LogP) is 2.71. The maximum Gasteiger partial charge on any atom is 0.241 e. The van der Waals surface area contributed by atoms with Gasteiger partial charge in [-0.1, -0.05) is 13.8 Å². The summed E-state index contributed by atoms with van der Waals surface area (Å²) in [4.78, 5) is 1.47. The lowest BCUT2D eigenvalue weighted by molar-refractivity contribution is 0.482. The van der Waals surface area contributed by atoms with Gasteiger partial charge in [0.2, 0.25) is 10.0 Å². The minimum absolute atomic E-state index is 0.0343. The summed E-state index contributed by atoms with van der Waals surface area (Å²) in [6, 6.07) is 2.39. The highest BCUT2D eigenvalue weighted by Crippen LogP contribution is 2.23. The molecule has 1 heterocycles. The fourth-order valence-corrected chi connectivity index (χ4v) is 4.70. The minimum atomic E-state index is -3.37. The van der Waals surface area contributed by atoms with Gasteiger partial charge in [-0.25, -0.2) is 13.1 Å². The van der Waals surface area contributed by atoms with Gasteiger partial charge in [0.25, 0.3) is 0 Å². The predicted molar refractivity (Wildman–Crippen MR) is 83.4 cm³/mol. The molecule has 1 unspecified atom stereocenters. The van der Waals surface area contributed by atoms with E-state index in [0.29, 0.717) is 16.9 Å². The fourth-order valence-electron chi connectivity index (χ4n) is 2.21. The Kier molecular flexibility index (Phi) is 5.23. The SMILES string of the molecule is CC(C)CC(C)NS(=O)(=O)c1csc(CNC2CC2)c1. The first-order valence-corrected chi connectivity index (χ1v) is 9.56. The van der Waals surface area contributed by atoms with E-state index in [1.165, 1.54) is 24.2 Å². The van der Waals surface area contributed by atoms with E-state index in [0.717, 1.165) is 17.8 Å². The van der Waals surface area contributed by atoms with Crippen molar-refractivity contribution in [3.05, 3.63) is 16.3 Å². The van der Waals surface area contributed by atoms with Crippen LogP contribution in [0.4, 0.5) is 0 Å². The van der Waals surface area contributed by atoms with E-state index in [-0.39, 0.29) is 6.04 Å². The molecule has 0 saturated heterocycles. The second kappa shape index (κ2) is 6.56. The standard InChI is InChI=1S/C14H24N2O2S2/c1-10(2)6-11(3)16-20(17,18)14-7-13(19-9-14)8-15-12-4-5-12/h7,9-12,15-16H,4-6,8H2,1-3H3. The van der Waals surface area contributed by atoms with E-state index in [2.05, 4.69) is 23.9 Å². The molecule has 2 rings (SSSR count). The number of hydrogen-bond acceptors (Lipinski definition) is 4. The number of rotatable bonds is 8. The van der Waals surface area contributed by atoms with Gasteiger partial charge in [-0.05, 0) is 38.2 Å². The monoisotopic (exact) mass is 316 g/mol. The summed E-state index contributed by atoms with van der Waals surface area (Å²) in [6.07, 6.45) is 3.33. The van der Waals surface area contributed by atoms with E-state index in [4.69, 9.17) is 0 Å². The molecule has 1 aromatic rings. The highest BCUT2D eigenvalue weighted by atomic mass is 32.2. The second-order valence-electron chi connectivity index (χ2n) is 6.06. The summed E-state index contributed by atoms with van der Waals surface area (Å²) in [7, 11) is -3.37. The van der Waals surface area contributed by atoms with Crippen LogP contribution >= 0.6 is 11.3 Å².